The Kier molecular flexibility index (Phi) is 3.31. The normalized spacial score (nSPS) is 20.8. The molecular formula is C10H19NO2. The van der Waals surface area contributed by atoms with Gasteiger partial charge in [0.1, 0.15) is 0 Å². The zero-order valence-corrected chi connectivity index (χ0v) is 8.55. The molecule has 0 saturated heterocycles. The van der Waals surface area contributed by atoms with Crippen LogP contribution < -0.4 is 0 Å². The predicted octanol–water partition coefficient (Wildman–Crippen LogP) is 1.58. The molecule has 0 aromatic carbocycles. The molecule has 0 amide bonds. The highest BCUT2D eigenvalue weighted by molar-refractivity contribution is 5.74. The van der Waals surface area contributed by atoms with Crippen molar-refractivity contribution in [3.63, 3.8) is 0 Å². The van der Waals surface area contributed by atoms with Crippen LogP contribution in [0.25, 0.3) is 0 Å². The molecule has 3 heteroatoms. The lowest BCUT2D eigenvalue weighted by Crippen LogP contribution is -2.31. The Hall–Kier alpha value is -0.570. The van der Waals surface area contributed by atoms with E-state index >= 15 is 0 Å². The second-order valence-electron chi connectivity index (χ2n) is 4.35. The highest BCUT2D eigenvalue weighted by Crippen LogP contribution is 2.41. The summed E-state index contributed by atoms with van der Waals surface area (Å²) in [5.74, 6) is -0.591. The van der Waals surface area contributed by atoms with Gasteiger partial charge in [-0.25, -0.2) is 0 Å². The van der Waals surface area contributed by atoms with E-state index in [1.807, 2.05) is 14.1 Å². The maximum Gasteiger partial charge on any atom is 0.309 e. The largest absolute Gasteiger partial charge is 0.481 e. The third kappa shape index (κ3) is 2.44. The fourth-order valence-corrected chi connectivity index (χ4v) is 2.06. The number of hydrogen-bond donors (Lipinski definition) is 1. The average Bonchev–Trinajstić information content (AvgIpc) is 2.50. The molecule has 1 N–H and O–H groups in total. The van der Waals surface area contributed by atoms with Gasteiger partial charge >= 0.3 is 5.97 Å². The topological polar surface area (TPSA) is 40.5 Å². The predicted molar refractivity (Wildman–Crippen MR) is 51.7 cm³/mol. The third-order valence-corrected chi connectivity index (χ3v) is 3.05. The number of carbonyl (C=O) groups is 1. The van der Waals surface area contributed by atoms with Crippen molar-refractivity contribution in [1.29, 1.82) is 0 Å². The van der Waals surface area contributed by atoms with Crippen molar-refractivity contribution in [2.45, 2.75) is 32.1 Å². The molecule has 1 rings (SSSR count). The van der Waals surface area contributed by atoms with E-state index in [-0.39, 0.29) is 0 Å². The first-order valence-electron chi connectivity index (χ1n) is 4.95. The van der Waals surface area contributed by atoms with Gasteiger partial charge in [-0.15, -0.1) is 0 Å². The van der Waals surface area contributed by atoms with E-state index in [1.54, 1.807) is 0 Å². The number of nitrogens with zero attached hydrogens (tertiary/aromatic N) is 1. The molecular weight excluding hydrogens is 166 g/mol. The number of aliphatic carboxylic acids is 1. The van der Waals surface area contributed by atoms with Crippen LogP contribution in [0.5, 0.6) is 0 Å². The highest BCUT2D eigenvalue weighted by atomic mass is 16.4. The molecule has 0 aromatic rings. The van der Waals surface area contributed by atoms with Crippen LogP contribution in [0, 0.1) is 5.41 Å². The van der Waals surface area contributed by atoms with E-state index in [0.717, 1.165) is 38.6 Å². The van der Waals surface area contributed by atoms with E-state index in [4.69, 9.17) is 5.11 Å². The lowest BCUT2D eigenvalue weighted by atomic mass is 9.83. The van der Waals surface area contributed by atoms with Gasteiger partial charge in [0.15, 0.2) is 0 Å². The van der Waals surface area contributed by atoms with Crippen LogP contribution in [-0.4, -0.2) is 36.6 Å². The summed E-state index contributed by atoms with van der Waals surface area (Å²) in [5.41, 5.74) is -0.399. The van der Waals surface area contributed by atoms with Crippen LogP contribution in [0.3, 0.4) is 0 Å². The number of carboxylic acid groups (broad SMARTS) is 1. The molecule has 0 aromatic heterocycles. The van der Waals surface area contributed by atoms with Gasteiger partial charge in [0.05, 0.1) is 5.41 Å². The molecule has 0 heterocycles. The summed E-state index contributed by atoms with van der Waals surface area (Å²) in [6, 6.07) is 0. The van der Waals surface area contributed by atoms with Gasteiger partial charge in [0, 0.05) is 0 Å². The van der Waals surface area contributed by atoms with Crippen LogP contribution in [-0.2, 0) is 4.79 Å². The van der Waals surface area contributed by atoms with Gasteiger partial charge in [-0.1, -0.05) is 12.8 Å². The van der Waals surface area contributed by atoms with E-state index in [0.29, 0.717) is 0 Å². The van der Waals surface area contributed by atoms with Crippen molar-refractivity contribution in [3.8, 4) is 0 Å². The second kappa shape index (κ2) is 4.09. The molecule has 76 valence electrons. The Morgan fingerprint density at radius 2 is 1.92 bits per heavy atom. The van der Waals surface area contributed by atoms with Crippen LogP contribution in [0.15, 0.2) is 0 Å². The second-order valence-corrected chi connectivity index (χ2v) is 4.35. The molecule has 0 spiro atoms. The summed E-state index contributed by atoms with van der Waals surface area (Å²) in [5, 5.41) is 9.16. The minimum atomic E-state index is -0.591. The summed E-state index contributed by atoms with van der Waals surface area (Å²) < 4.78 is 0. The van der Waals surface area contributed by atoms with Crippen LogP contribution in [0.1, 0.15) is 32.1 Å². The summed E-state index contributed by atoms with van der Waals surface area (Å²) in [6.45, 7) is 0.881. The zero-order chi connectivity index (χ0) is 9.90. The summed E-state index contributed by atoms with van der Waals surface area (Å²) in [4.78, 5) is 13.2. The smallest absolute Gasteiger partial charge is 0.309 e. The Labute approximate surface area is 79.7 Å². The molecule has 1 aliphatic carbocycles. The maximum absolute atomic E-state index is 11.1. The molecule has 1 fully saturated rings. The molecule has 1 saturated carbocycles. The Balaban J connectivity index is 2.52. The van der Waals surface area contributed by atoms with Crippen molar-refractivity contribution in [2.24, 2.45) is 5.41 Å². The first kappa shape index (κ1) is 10.5. The van der Waals surface area contributed by atoms with Gasteiger partial charge in [-0.3, -0.25) is 4.79 Å². The number of rotatable bonds is 4. The van der Waals surface area contributed by atoms with E-state index in [9.17, 15) is 4.79 Å². The molecule has 0 aliphatic heterocycles. The molecule has 1 aliphatic rings. The summed E-state index contributed by atoms with van der Waals surface area (Å²) in [7, 11) is 3.98. The Morgan fingerprint density at radius 1 is 1.38 bits per heavy atom. The first-order chi connectivity index (χ1) is 6.07. The average molecular weight is 185 g/mol. The van der Waals surface area contributed by atoms with Crippen molar-refractivity contribution in [3.05, 3.63) is 0 Å². The Morgan fingerprint density at radius 3 is 2.31 bits per heavy atom. The lowest BCUT2D eigenvalue weighted by molar-refractivity contribution is -0.149. The van der Waals surface area contributed by atoms with Gasteiger partial charge in [-0.05, 0) is 39.9 Å². The summed E-state index contributed by atoms with van der Waals surface area (Å²) >= 11 is 0. The van der Waals surface area contributed by atoms with E-state index in [2.05, 4.69) is 4.90 Å². The maximum atomic E-state index is 11.1. The number of hydrogen-bond acceptors (Lipinski definition) is 2. The minimum absolute atomic E-state index is 0.399. The van der Waals surface area contributed by atoms with Crippen LogP contribution in [0.4, 0.5) is 0 Å². The zero-order valence-electron chi connectivity index (χ0n) is 8.55. The highest BCUT2D eigenvalue weighted by Gasteiger charge is 2.40. The summed E-state index contributed by atoms with van der Waals surface area (Å²) in [6.07, 6.45) is 4.71. The Bertz CT molecular complexity index is 183. The monoisotopic (exact) mass is 185 g/mol. The van der Waals surface area contributed by atoms with Crippen molar-refractivity contribution in [2.75, 3.05) is 20.6 Å². The first-order valence-corrected chi connectivity index (χ1v) is 4.95. The van der Waals surface area contributed by atoms with Crippen molar-refractivity contribution >= 4 is 5.97 Å². The van der Waals surface area contributed by atoms with E-state index in [1.165, 1.54) is 0 Å². The lowest BCUT2D eigenvalue weighted by Gasteiger charge is -2.25. The van der Waals surface area contributed by atoms with Gasteiger partial charge in [0.25, 0.3) is 0 Å². The van der Waals surface area contributed by atoms with E-state index < -0.39 is 11.4 Å². The SMILES string of the molecule is CN(C)CCC1(C(=O)O)CCCC1. The quantitative estimate of drug-likeness (QED) is 0.723. The molecule has 13 heavy (non-hydrogen) atoms. The molecule has 0 atom stereocenters. The molecule has 3 nitrogen and oxygen atoms in total. The minimum Gasteiger partial charge on any atom is -0.481 e. The van der Waals surface area contributed by atoms with Gasteiger partial charge < -0.3 is 10.0 Å². The molecule has 0 unspecified atom stereocenters. The van der Waals surface area contributed by atoms with Crippen molar-refractivity contribution in [1.82, 2.24) is 4.90 Å². The standard InChI is InChI=1S/C10H19NO2/c1-11(2)8-7-10(9(12)13)5-3-4-6-10/h3-8H2,1-2H3,(H,12,13). The fourth-order valence-electron chi connectivity index (χ4n) is 2.06. The molecule has 0 bridgehead atoms. The third-order valence-electron chi connectivity index (χ3n) is 3.05. The van der Waals surface area contributed by atoms with Crippen molar-refractivity contribution < 1.29 is 9.90 Å². The van der Waals surface area contributed by atoms with Crippen LogP contribution >= 0.6 is 0 Å². The fraction of sp³-hybridized carbons (Fsp3) is 0.900. The molecule has 0 radical (unpaired) electrons. The number of carboxylic acids is 1. The van der Waals surface area contributed by atoms with Gasteiger partial charge in [0.2, 0.25) is 0 Å². The van der Waals surface area contributed by atoms with Gasteiger partial charge in [-0.2, -0.15) is 0 Å². The van der Waals surface area contributed by atoms with Crippen LogP contribution in [0.2, 0.25) is 0 Å².